The Hall–Kier alpha value is -4.84. The van der Waals surface area contributed by atoms with Gasteiger partial charge < -0.3 is 8.94 Å². The molecule has 6 aromatic rings. The molecule has 0 amide bonds. The van der Waals surface area contributed by atoms with Crippen LogP contribution >= 0.6 is 0 Å². The number of H-pyrrole nitrogens is 1. The van der Waals surface area contributed by atoms with Crippen LogP contribution in [0.5, 0.6) is 0 Å². The largest absolute Gasteiger partial charge is 0.445 e. The molecule has 0 unspecified atom stereocenters. The van der Waals surface area contributed by atoms with Crippen LogP contribution in [-0.4, -0.2) is 39.0 Å². The summed E-state index contributed by atoms with van der Waals surface area (Å²) in [5, 5.41) is 14.5. The van der Waals surface area contributed by atoms with Crippen molar-refractivity contribution in [2.24, 2.45) is 0 Å². The molecule has 4 aromatic heterocycles. The molecule has 0 radical (unpaired) electrons. The van der Waals surface area contributed by atoms with E-state index in [9.17, 15) is 8.42 Å². The quantitative estimate of drug-likeness (QED) is 0.301. The highest BCUT2D eigenvalue weighted by Crippen LogP contribution is 2.35. The Morgan fingerprint density at radius 1 is 1.03 bits per heavy atom. The van der Waals surface area contributed by atoms with E-state index in [1.54, 1.807) is 44.3 Å². The van der Waals surface area contributed by atoms with E-state index in [2.05, 4.69) is 35.3 Å². The Kier molecular flexibility index (Phi) is 5.72. The second-order valence-corrected chi connectivity index (χ2v) is 10.3. The van der Waals surface area contributed by atoms with Gasteiger partial charge in [-0.1, -0.05) is 34.6 Å². The molecule has 4 heterocycles. The van der Waals surface area contributed by atoms with Gasteiger partial charge in [-0.2, -0.15) is 0 Å². The van der Waals surface area contributed by atoms with Gasteiger partial charge in [0.25, 0.3) is 10.0 Å². The number of nitrogens with one attached hydrogen (secondary N) is 2. The lowest BCUT2D eigenvalue weighted by Crippen LogP contribution is -2.14. The van der Waals surface area contributed by atoms with Gasteiger partial charge in [0, 0.05) is 28.8 Å². The summed E-state index contributed by atoms with van der Waals surface area (Å²) in [6, 6.07) is 16.2. The molecule has 0 atom stereocenters. The van der Waals surface area contributed by atoms with Crippen LogP contribution in [-0.2, 0) is 16.4 Å². The first-order chi connectivity index (χ1) is 18.4. The fourth-order valence-electron chi connectivity index (χ4n) is 4.18. The van der Waals surface area contributed by atoms with Crippen LogP contribution < -0.4 is 4.72 Å². The summed E-state index contributed by atoms with van der Waals surface area (Å²) >= 11 is 0. The maximum Gasteiger partial charge on any atom is 0.264 e. The van der Waals surface area contributed by atoms with Crippen LogP contribution in [0, 0.1) is 13.8 Å². The summed E-state index contributed by atoms with van der Waals surface area (Å²) in [4.78, 5) is 8.96. The highest BCUT2D eigenvalue weighted by molar-refractivity contribution is 7.92. The Balaban J connectivity index is 1.47. The standard InChI is InChI=1S/C26H21N7O4S/c1-15-16(2)31-37-25(15)32-38(34,35)23-6-4-3-5-21(23)20-9-7-17(26-27-11-12-36-26)13-18(20)14-19-8-10-22-24(28-19)30-33-29-22/h3-13,32H,14H2,1-2H3,(H,28,29,30,33). The van der Waals surface area contributed by atoms with E-state index in [1.165, 1.54) is 6.26 Å². The van der Waals surface area contributed by atoms with Crippen LogP contribution in [0.1, 0.15) is 22.5 Å². The number of nitrogens with zero attached hydrogens (tertiary/aromatic N) is 5. The maximum absolute atomic E-state index is 13.5. The van der Waals surface area contributed by atoms with Crippen molar-refractivity contribution in [3.8, 4) is 22.6 Å². The summed E-state index contributed by atoms with van der Waals surface area (Å²) in [6.45, 7) is 3.49. The Bertz CT molecular complexity index is 1880. The molecular formula is C26H21N7O4S. The van der Waals surface area contributed by atoms with Gasteiger partial charge in [0.2, 0.25) is 17.4 Å². The average molecular weight is 528 g/mol. The number of fused-ring (bicyclic) bond motifs is 1. The van der Waals surface area contributed by atoms with E-state index in [-0.39, 0.29) is 10.8 Å². The van der Waals surface area contributed by atoms with Gasteiger partial charge in [-0.3, -0.25) is 5.10 Å². The normalized spacial score (nSPS) is 11.7. The summed E-state index contributed by atoms with van der Waals surface area (Å²) in [5.41, 5.74) is 6.00. The molecule has 0 spiro atoms. The number of aryl methyl sites for hydroxylation is 1. The predicted octanol–water partition coefficient (Wildman–Crippen LogP) is 4.67. The van der Waals surface area contributed by atoms with Crippen molar-refractivity contribution in [1.29, 1.82) is 0 Å². The lowest BCUT2D eigenvalue weighted by atomic mass is 9.94. The van der Waals surface area contributed by atoms with E-state index < -0.39 is 10.0 Å². The van der Waals surface area contributed by atoms with Crippen LogP contribution in [0.25, 0.3) is 33.7 Å². The molecule has 2 aromatic carbocycles. The molecule has 38 heavy (non-hydrogen) atoms. The van der Waals surface area contributed by atoms with Crippen molar-refractivity contribution in [3.63, 3.8) is 0 Å². The van der Waals surface area contributed by atoms with Crippen molar-refractivity contribution in [3.05, 3.63) is 89.6 Å². The first kappa shape index (κ1) is 23.6. The van der Waals surface area contributed by atoms with Crippen molar-refractivity contribution in [2.45, 2.75) is 25.2 Å². The second-order valence-electron chi connectivity index (χ2n) is 8.70. The number of pyridine rings is 1. The molecule has 0 aliphatic heterocycles. The van der Waals surface area contributed by atoms with Gasteiger partial charge in [-0.15, -0.1) is 5.10 Å². The topological polar surface area (TPSA) is 153 Å². The van der Waals surface area contributed by atoms with E-state index in [4.69, 9.17) is 8.94 Å². The molecule has 11 nitrogen and oxygen atoms in total. The number of oxazole rings is 1. The molecule has 0 fully saturated rings. The molecule has 0 aliphatic rings. The number of benzene rings is 2. The predicted molar refractivity (Wildman–Crippen MR) is 139 cm³/mol. The number of anilines is 1. The molecule has 2 N–H and O–H groups in total. The smallest absolute Gasteiger partial charge is 0.264 e. The zero-order valence-electron chi connectivity index (χ0n) is 20.3. The fourth-order valence-corrected chi connectivity index (χ4v) is 5.45. The fraction of sp³-hybridized carbons (Fsp3) is 0.115. The second kappa shape index (κ2) is 9.23. The molecule has 190 valence electrons. The van der Waals surface area contributed by atoms with E-state index in [0.717, 1.165) is 22.3 Å². The summed E-state index contributed by atoms with van der Waals surface area (Å²) in [5.74, 6) is 0.540. The highest BCUT2D eigenvalue weighted by Gasteiger charge is 2.24. The Morgan fingerprint density at radius 2 is 1.89 bits per heavy atom. The minimum Gasteiger partial charge on any atom is -0.445 e. The number of hydrogen-bond acceptors (Lipinski definition) is 9. The number of hydrogen-bond donors (Lipinski definition) is 2. The lowest BCUT2D eigenvalue weighted by molar-refractivity contribution is 0.430. The van der Waals surface area contributed by atoms with E-state index >= 15 is 0 Å². The Morgan fingerprint density at radius 3 is 2.68 bits per heavy atom. The minimum atomic E-state index is -4.02. The zero-order valence-corrected chi connectivity index (χ0v) is 21.2. The van der Waals surface area contributed by atoms with E-state index in [1.807, 2.05) is 30.3 Å². The van der Waals surface area contributed by atoms with Gasteiger partial charge in [0.05, 0.1) is 16.8 Å². The lowest BCUT2D eigenvalue weighted by Gasteiger charge is -2.15. The summed E-state index contributed by atoms with van der Waals surface area (Å²) in [6.07, 6.45) is 3.47. The van der Waals surface area contributed by atoms with Gasteiger partial charge in [-0.25, -0.2) is 23.1 Å². The van der Waals surface area contributed by atoms with Crippen molar-refractivity contribution >= 4 is 27.1 Å². The third-order valence-corrected chi connectivity index (χ3v) is 7.64. The third-order valence-electron chi connectivity index (χ3n) is 6.26. The van der Waals surface area contributed by atoms with Crippen LogP contribution in [0.3, 0.4) is 0 Å². The molecule has 0 saturated carbocycles. The highest BCUT2D eigenvalue weighted by atomic mass is 32.2. The molecular weight excluding hydrogens is 506 g/mol. The number of aromatic nitrogens is 6. The van der Waals surface area contributed by atoms with Crippen molar-refractivity contribution < 1.29 is 17.4 Å². The van der Waals surface area contributed by atoms with Crippen molar-refractivity contribution in [2.75, 3.05) is 4.72 Å². The van der Waals surface area contributed by atoms with E-state index in [0.29, 0.717) is 40.3 Å². The first-order valence-electron chi connectivity index (χ1n) is 11.6. The van der Waals surface area contributed by atoms with Gasteiger partial charge in [-0.05, 0) is 55.3 Å². The van der Waals surface area contributed by atoms with Gasteiger partial charge in [0.15, 0.2) is 0 Å². The van der Waals surface area contributed by atoms with Crippen LogP contribution in [0.4, 0.5) is 5.88 Å². The maximum atomic E-state index is 13.5. The molecule has 6 rings (SSSR count). The summed E-state index contributed by atoms with van der Waals surface area (Å²) in [7, 11) is -4.02. The monoisotopic (exact) mass is 527 g/mol. The van der Waals surface area contributed by atoms with Gasteiger partial charge in [0.1, 0.15) is 11.8 Å². The van der Waals surface area contributed by atoms with Crippen LogP contribution in [0.2, 0.25) is 0 Å². The molecule has 12 heteroatoms. The zero-order chi connectivity index (χ0) is 26.3. The number of rotatable bonds is 7. The van der Waals surface area contributed by atoms with Gasteiger partial charge >= 0.3 is 0 Å². The third kappa shape index (κ3) is 4.30. The molecule has 0 bridgehead atoms. The minimum absolute atomic E-state index is 0.0851. The molecule has 0 aliphatic carbocycles. The average Bonchev–Trinajstić information content (AvgIpc) is 3.68. The SMILES string of the molecule is Cc1noc(NS(=O)(=O)c2ccccc2-c2ccc(-c3ncco3)cc2Cc2ccc3[nH]nnc3n2)c1C. The van der Waals surface area contributed by atoms with Crippen molar-refractivity contribution in [1.82, 2.24) is 30.5 Å². The first-order valence-corrected chi connectivity index (χ1v) is 13.1. The number of aromatic amines is 1. The number of sulfonamides is 1. The Labute approximate surface area is 217 Å². The molecule has 0 saturated heterocycles. The van der Waals surface area contributed by atoms with Crippen LogP contribution in [0.15, 0.2) is 80.9 Å². The summed E-state index contributed by atoms with van der Waals surface area (Å²) < 4.78 is 40.3.